The summed E-state index contributed by atoms with van der Waals surface area (Å²) in [5, 5.41) is 13.7. The molecule has 1 aliphatic heterocycles. The largest absolute Gasteiger partial charge is 0.493 e. The van der Waals surface area contributed by atoms with E-state index in [4.69, 9.17) is 9.47 Å². The minimum absolute atomic E-state index is 0.135. The first-order valence-corrected chi connectivity index (χ1v) is 8.06. The summed E-state index contributed by atoms with van der Waals surface area (Å²) >= 11 is 0. The summed E-state index contributed by atoms with van der Waals surface area (Å²) in [4.78, 5) is 24.8. The highest BCUT2D eigenvalue weighted by Gasteiger charge is 2.24. The van der Waals surface area contributed by atoms with Gasteiger partial charge in [-0.2, -0.15) is 0 Å². The number of benzene rings is 2. The normalized spacial score (nSPS) is 12.9. The Morgan fingerprint density at radius 2 is 1.81 bits per heavy atom. The maximum Gasteiger partial charge on any atom is 0.322 e. The lowest BCUT2D eigenvalue weighted by molar-refractivity contribution is -0.383. The van der Waals surface area contributed by atoms with Gasteiger partial charge in [-0.15, -0.1) is 0 Å². The van der Waals surface area contributed by atoms with Gasteiger partial charge in [0, 0.05) is 19.2 Å². The molecule has 2 aromatic carbocycles. The van der Waals surface area contributed by atoms with Gasteiger partial charge in [0.25, 0.3) is 5.69 Å². The second-order valence-corrected chi connectivity index (χ2v) is 5.85. The third-order valence-electron chi connectivity index (χ3n) is 4.35. The molecule has 0 radical (unpaired) electrons. The third kappa shape index (κ3) is 3.39. The first-order chi connectivity index (χ1) is 12.5. The molecule has 0 aliphatic carbocycles. The van der Waals surface area contributed by atoms with Gasteiger partial charge in [-0.25, -0.2) is 4.79 Å². The number of anilines is 1. The highest BCUT2D eigenvalue weighted by atomic mass is 16.6. The molecule has 26 heavy (non-hydrogen) atoms. The second-order valence-electron chi connectivity index (χ2n) is 5.85. The molecule has 2 aromatic rings. The van der Waals surface area contributed by atoms with Crippen LogP contribution < -0.4 is 14.8 Å². The zero-order chi connectivity index (χ0) is 18.7. The predicted octanol–water partition coefficient (Wildman–Crippen LogP) is 3.20. The number of hydrogen-bond acceptors (Lipinski definition) is 5. The quantitative estimate of drug-likeness (QED) is 0.670. The summed E-state index contributed by atoms with van der Waals surface area (Å²) in [5.74, 6) is 1.26. The van der Waals surface area contributed by atoms with Crippen molar-refractivity contribution < 1.29 is 19.2 Å². The summed E-state index contributed by atoms with van der Waals surface area (Å²) in [7, 11) is 3.14. The highest BCUT2D eigenvalue weighted by Crippen LogP contribution is 2.33. The van der Waals surface area contributed by atoms with Crippen molar-refractivity contribution in [2.75, 3.05) is 26.1 Å². The molecule has 136 valence electrons. The van der Waals surface area contributed by atoms with E-state index in [0.717, 1.165) is 11.1 Å². The number of nitrogens with zero attached hydrogens (tertiary/aromatic N) is 2. The summed E-state index contributed by atoms with van der Waals surface area (Å²) in [5.41, 5.74) is 2.11. The molecule has 0 saturated heterocycles. The molecule has 8 nitrogen and oxygen atoms in total. The Bertz CT molecular complexity index is 853. The molecule has 1 heterocycles. The molecule has 0 atom stereocenters. The number of nitro benzene ring substituents is 1. The van der Waals surface area contributed by atoms with Crippen LogP contribution in [0.5, 0.6) is 11.5 Å². The minimum atomic E-state index is -0.516. The second kappa shape index (κ2) is 7.30. The van der Waals surface area contributed by atoms with E-state index in [1.54, 1.807) is 31.3 Å². The van der Waals surface area contributed by atoms with Crippen molar-refractivity contribution in [2.24, 2.45) is 0 Å². The van der Waals surface area contributed by atoms with Crippen LogP contribution in [-0.4, -0.2) is 36.6 Å². The van der Waals surface area contributed by atoms with Gasteiger partial charge >= 0.3 is 6.03 Å². The Morgan fingerprint density at radius 1 is 1.15 bits per heavy atom. The molecule has 0 saturated carbocycles. The van der Waals surface area contributed by atoms with Crippen LogP contribution in [0.2, 0.25) is 0 Å². The van der Waals surface area contributed by atoms with E-state index >= 15 is 0 Å². The number of carbonyl (C=O) groups is 1. The Balaban J connectivity index is 1.78. The van der Waals surface area contributed by atoms with Crippen LogP contribution >= 0.6 is 0 Å². The fraction of sp³-hybridized carbons (Fsp3) is 0.278. The third-order valence-corrected chi connectivity index (χ3v) is 4.35. The van der Waals surface area contributed by atoms with Gasteiger partial charge in [-0.1, -0.05) is 12.1 Å². The Hall–Kier alpha value is -3.29. The molecule has 0 spiro atoms. The number of methoxy groups -OCH3 is 2. The lowest BCUT2D eigenvalue weighted by Gasteiger charge is -2.29. The maximum atomic E-state index is 12.6. The van der Waals surface area contributed by atoms with E-state index in [2.05, 4.69) is 5.32 Å². The fourth-order valence-electron chi connectivity index (χ4n) is 2.99. The van der Waals surface area contributed by atoms with Crippen molar-refractivity contribution in [3.05, 3.63) is 57.6 Å². The average molecular weight is 357 g/mol. The summed E-state index contributed by atoms with van der Waals surface area (Å²) in [6.07, 6.45) is 0.667. The first kappa shape index (κ1) is 17.5. The number of urea groups is 1. The molecule has 1 N–H and O–H groups in total. The van der Waals surface area contributed by atoms with Gasteiger partial charge in [0.1, 0.15) is 5.69 Å². The van der Waals surface area contributed by atoms with E-state index in [9.17, 15) is 14.9 Å². The number of ether oxygens (including phenoxy) is 2. The van der Waals surface area contributed by atoms with E-state index in [1.165, 1.54) is 12.1 Å². The van der Waals surface area contributed by atoms with Crippen molar-refractivity contribution in [1.82, 2.24) is 4.90 Å². The lowest BCUT2D eigenvalue weighted by atomic mass is 9.99. The Labute approximate surface area is 150 Å². The smallest absolute Gasteiger partial charge is 0.322 e. The fourth-order valence-corrected chi connectivity index (χ4v) is 2.99. The van der Waals surface area contributed by atoms with Gasteiger partial charge in [0.15, 0.2) is 11.5 Å². The maximum absolute atomic E-state index is 12.6. The van der Waals surface area contributed by atoms with Gasteiger partial charge in [0.05, 0.1) is 19.1 Å². The zero-order valence-corrected chi connectivity index (χ0v) is 14.5. The van der Waals surface area contributed by atoms with E-state index in [1.807, 2.05) is 12.1 Å². The number of fused-ring (bicyclic) bond motifs is 1. The Kier molecular flexibility index (Phi) is 4.92. The molecule has 8 heteroatoms. The molecule has 3 rings (SSSR count). The number of carbonyl (C=O) groups excluding carboxylic acids is 1. The standard InChI is InChI=1S/C18H19N3O5/c1-25-16-9-12-7-8-20(11-13(12)10-17(16)26-2)18(22)19-14-5-3-4-6-15(14)21(23)24/h3-6,9-10H,7-8,11H2,1-2H3,(H,19,22). The number of rotatable bonds is 4. The first-order valence-electron chi connectivity index (χ1n) is 8.06. The van der Waals surface area contributed by atoms with Crippen molar-refractivity contribution in [2.45, 2.75) is 13.0 Å². The molecular weight excluding hydrogens is 338 g/mol. The average Bonchev–Trinajstić information content (AvgIpc) is 2.66. The number of para-hydroxylation sites is 2. The summed E-state index contributed by atoms with van der Waals surface area (Å²) in [6, 6.07) is 9.49. The molecule has 0 bridgehead atoms. The monoisotopic (exact) mass is 357 g/mol. The summed E-state index contributed by atoms with van der Waals surface area (Å²) < 4.78 is 10.6. The molecule has 0 fully saturated rings. The Morgan fingerprint density at radius 3 is 2.46 bits per heavy atom. The number of nitro groups is 1. The number of amides is 2. The minimum Gasteiger partial charge on any atom is -0.493 e. The lowest BCUT2D eigenvalue weighted by Crippen LogP contribution is -2.39. The molecule has 1 aliphatic rings. The van der Waals surface area contributed by atoms with E-state index in [-0.39, 0.29) is 17.4 Å². The molecule has 0 unspecified atom stereocenters. The van der Waals surface area contributed by atoms with Crippen molar-refractivity contribution in [3.63, 3.8) is 0 Å². The number of nitrogens with one attached hydrogen (secondary N) is 1. The molecular formula is C18H19N3O5. The summed E-state index contributed by atoms with van der Waals surface area (Å²) in [6.45, 7) is 0.900. The molecule has 2 amide bonds. The van der Waals surface area contributed by atoms with Crippen molar-refractivity contribution in [3.8, 4) is 11.5 Å². The van der Waals surface area contributed by atoms with Crippen LogP contribution in [0.15, 0.2) is 36.4 Å². The van der Waals surface area contributed by atoms with Crippen LogP contribution in [0, 0.1) is 10.1 Å². The zero-order valence-electron chi connectivity index (χ0n) is 14.5. The number of hydrogen-bond donors (Lipinski definition) is 1. The predicted molar refractivity (Wildman–Crippen MR) is 95.8 cm³/mol. The van der Waals surface area contributed by atoms with Crippen LogP contribution in [0.25, 0.3) is 0 Å². The highest BCUT2D eigenvalue weighted by molar-refractivity contribution is 5.92. The van der Waals surface area contributed by atoms with Crippen molar-refractivity contribution >= 4 is 17.4 Å². The van der Waals surface area contributed by atoms with Crippen LogP contribution in [0.1, 0.15) is 11.1 Å². The SMILES string of the molecule is COc1cc2c(cc1OC)CN(C(=O)Nc1ccccc1[N+](=O)[O-])CC2. The van der Waals surface area contributed by atoms with Gasteiger partial charge in [-0.3, -0.25) is 10.1 Å². The molecule has 0 aromatic heterocycles. The van der Waals surface area contributed by atoms with Crippen LogP contribution in [-0.2, 0) is 13.0 Å². The van der Waals surface area contributed by atoms with Gasteiger partial charge in [0.2, 0.25) is 0 Å². The van der Waals surface area contributed by atoms with Crippen molar-refractivity contribution in [1.29, 1.82) is 0 Å². The van der Waals surface area contributed by atoms with Gasteiger partial charge < -0.3 is 19.7 Å². The van der Waals surface area contributed by atoms with Crippen LogP contribution in [0.4, 0.5) is 16.2 Å². The van der Waals surface area contributed by atoms with E-state index < -0.39 is 4.92 Å². The topological polar surface area (TPSA) is 93.9 Å². The van der Waals surface area contributed by atoms with Crippen LogP contribution in [0.3, 0.4) is 0 Å². The van der Waals surface area contributed by atoms with E-state index in [0.29, 0.717) is 31.0 Å². The van der Waals surface area contributed by atoms with Gasteiger partial charge in [-0.05, 0) is 35.7 Å².